The quantitative estimate of drug-likeness (QED) is 0.177. The van der Waals surface area contributed by atoms with E-state index in [1.54, 1.807) is 0 Å². The molecule has 0 radical (unpaired) electrons. The highest BCUT2D eigenvalue weighted by molar-refractivity contribution is 6.22. The fourth-order valence-electron chi connectivity index (χ4n) is 7.41. The van der Waals surface area contributed by atoms with Crippen LogP contribution in [0.5, 0.6) is 0 Å². The van der Waals surface area contributed by atoms with Crippen LogP contribution < -0.4 is 0 Å². The Morgan fingerprint density at radius 1 is 0.423 bits per heavy atom. The van der Waals surface area contributed by atoms with Gasteiger partial charge in [0.05, 0.1) is 22.1 Å². The minimum absolute atomic E-state index is 0.825. The van der Waals surface area contributed by atoms with Gasteiger partial charge in [0.25, 0.3) is 0 Å². The maximum Gasteiger partial charge on any atom is 0.145 e. The van der Waals surface area contributed by atoms with Gasteiger partial charge < -0.3 is 4.42 Å². The Kier molecular flexibility index (Phi) is 7.07. The average Bonchev–Trinajstić information content (AvgIpc) is 3.79. The van der Waals surface area contributed by atoms with E-state index in [2.05, 4.69) is 142 Å². The Labute approximate surface area is 300 Å². The first kappa shape index (κ1) is 29.8. The molecule has 0 saturated heterocycles. The average molecular weight is 667 g/mol. The lowest BCUT2D eigenvalue weighted by Gasteiger charge is -2.13. The third-order valence-corrected chi connectivity index (χ3v) is 9.84. The summed E-state index contributed by atoms with van der Waals surface area (Å²) in [7, 11) is 0. The van der Waals surface area contributed by atoms with Gasteiger partial charge in [-0.1, -0.05) is 103 Å². The highest BCUT2D eigenvalue weighted by Crippen LogP contribution is 2.46. The van der Waals surface area contributed by atoms with Crippen molar-refractivity contribution in [3.8, 4) is 61.8 Å². The van der Waals surface area contributed by atoms with Crippen molar-refractivity contribution in [3.05, 3.63) is 183 Å². The molecule has 10 rings (SSSR count). The van der Waals surface area contributed by atoms with Gasteiger partial charge in [0.15, 0.2) is 0 Å². The van der Waals surface area contributed by atoms with Gasteiger partial charge in [-0.25, -0.2) is 4.98 Å². The van der Waals surface area contributed by atoms with E-state index >= 15 is 0 Å². The number of aromatic nitrogens is 4. The highest BCUT2D eigenvalue weighted by Gasteiger charge is 2.24. The van der Waals surface area contributed by atoms with Crippen LogP contribution in [0, 0.1) is 0 Å². The van der Waals surface area contributed by atoms with Gasteiger partial charge in [-0.15, -0.1) is 0 Å². The standard InChI is InChI=1S/C47H30N4O/c1-3-9-35(10-4-1)44-39-19-20-42-45(47(39)52-46(44)36-11-5-2-6-12-36)38-13-7-8-14-41(38)51(42)43-30-37(29-40(50-43)34-23-27-49-28-24-34)32-17-15-31(16-18-32)33-21-25-48-26-22-33/h1-30H. The summed E-state index contributed by atoms with van der Waals surface area (Å²) in [6, 6.07) is 55.0. The molecule has 0 bridgehead atoms. The number of para-hydroxylation sites is 1. The summed E-state index contributed by atoms with van der Waals surface area (Å²) in [6.45, 7) is 0. The van der Waals surface area contributed by atoms with Crippen LogP contribution in [0.2, 0.25) is 0 Å². The third kappa shape index (κ3) is 4.98. The first-order valence-corrected chi connectivity index (χ1v) is 17.3. The SMILES string of the molecule is c1ccc(-c2oc3c(ccc4c3c3ccccc3n4-c3cc(-c4ccc(-c5ccncc5)cc4)cc(-c4ccncc4)n3)c2-c2ccccc2)cc1. The molecule has 0 fully saturated rings. The van der Waals surface area contributed by atoms with Gasteiger partial charge in [-0.05, 0) is 82.4 Å². The Balaban J connectivity index is 1.23. The number of hydrogen-bond acceptors (Lipinski definition) is 4. The van der Waals surface area contributed by atoms with E-state index < -0.39 is 0 Å². The van der Waals surface area contributed by atoms with Crippen LogP contribution in [-0.2, 0) is 0 Å². The van der Waals surface area contributed by atoms with Crippen LogP contribution in [0.4, 0.5) is 0 Å². The summed E-state index contributed by atoms with van der Waals surface area (Å²) in [5.41, 5.74) is 12.5. The van der Waals surface area contributed by atoms with Crippen LogP contribution in [-0.4, -0.2) is 19.5 Å². The molecule has 0 atom stereocenters. The van der Waals surface area contributed by atoms with E-state index in [1.807, 2.05) is 55.1 Å². The number of rotatable bonds is 6. The summed E-state index contributed by atoms with van der Waals surface area (Å²) in [5.74, 6) is 1.69. The zero-order valence-corrected chi connectivity index (χ0v) is 28.0. The van der Waals surface area contributed by atoms with E-state index in [-0.39, 0.29) is 0 Å². The van der Waals surface area contributed by atoms with E-state index in [0.29, 0.717) is 0 Å². The molecule has 5 nitrogen and oxygen atoms in total. The maximum absolute atomic E-state index is 7.00. The maximum atomic E-state index is 7.00. The molecule has 0 aliphatic carbocycles. The third-order valence-electron chi connectivity index (χ3n) is 9.84. The van der Waals surface area contributed by atoms with Gasteiger partial charge in [-0.3, -0.25) is 14.5 Å². The Bertz CT molecular complexity index is 2860. The van der Waals surface area contributed by atoms with Crippen LogP contribution >= 0.6 is 0 Å². The van der Waals surface area contributed by atoms with Crippen molar-refractivity contribution in [1.29, 1.82) is 0 Å². The first-order valence-electron chi connectivity index (χ1n) is 17.3. The molecule has 5 heteroatoms. The lowest BCUT2D eigenvalue weighted by molar-refractivity contribution is 0.636. The van der Waals surface area contributed by atoms with Gasteiger partial charge >= 0.3 is 0 Å². The topological polar surface area (TPSA) is 56.7 Å². The zero-order chi connectivity index (χ0) is 34.4. The number of fused-ring (bicyclic) bond motifs is 5. The summed E-state index contributed by atoms with van der Waals surface area (Å²) in [4.78, 5) is 13.8. The molecule has 0 spiro atoms. The molecule has 5 aromatic heterocycles. The van der Waals surface area contributed by atoms with E-state index in [1.165, 1.54) is 0 Å². The van der Waals surface area contributed by atoms with E-state index in [9.17, 15) is 0 Å². The molecular weight excluding hydrogens is 637 g/mol. The lowest BCUT2D eigenvalue weighted by atomic mass is 9.98. The van der Waals surface area contributed by atoms with Crippen molar-refractivity contribution in [2.24, 2.45) is 0 Å². The summed E-state index contributed by atoms with van der Waals surface area (Å²) in [6.07, 6.45) is 7.28. The fraction of sp³-hybridized carbons (Fsp3) is 0. The molecule has 0 unspecified atom stereocenters. The second-order valence-corrected chi connectivity index (χ2v) is 12.9. The minimum Gasteiger partial charge on any atom is -0.455 e. The Morgan fingerprint density at radius 3 is 1.73 bits per heavy atom. The number of benzene rings is 5. The van der Waals surface area contributed by atoms with Crippen LogP contribution in [0.25, 0.3) is 94.6 Å². The molecule has 244 valence electrons. The predicted octanol–water partition coefficient (Wildman–Crippen LogP) is 12.0. The molecule has 0 saturated carbocycles. The number of furan rings is 1. The zero-order valence-electron chi connectivity index (χ0n) is 28.0. The number of nitrogens with zero attached hydrogens (tertiary/aromatic N) is 4. The van der Waals surface area contributed by atoms with Gasteiger partial charge in [0, 0.05) is 52.3 Å². The summed E-state index contributed by atoms with van der Waals surface area (Å²) < 4.78 is 9.27. The van der Waals surface area contributed by atoms with Crippen LogP contribution in [0.3, 0.4) is 0 Å². The highest BCUT2D eigenvalue weighted by atomic mass is 16.3. The second-order valence-electron chi connectivity index (χ2n) is 12.9. The van der Waals surface area contributed by atoms with Gasteiger partial charge in [0.2, 0.25) is 0 Å². The normalized spacial score (nSPS) is 11.5. The molecule has 0 aliphatic rings. The largest absolute Gasteiger partial charge is 0.455 e. The first-order chi connectivity index (χ1) is 25.8. The second kappa shape index (κ2) is 12.3. The van der Waals surface area contributed by atoms with E-state index in [0.717, 1.165) is 94.6 Å². The van der Waals surface area contributed by atoms with Gasteiger partial charge in [0.1, 0.15) is 17.2 Å². The molecule has 0 amide bonds. The molecule has 0 N–H and O–H groups in total. The van der Waals surface area contributed by atoms with Crippen molar-refractivity contribution in [2.75, 3.05) is 0 Å². The molecule has 52 heavy (non-hydrogen) atoms. The molecule has 10 aromatic rings. The van der Waals surface area contributed by atoms with Crippen molar-refractivity contribution in [1.82, 2.24) is 19.5 Å². The molecule has 5 aromatic carbocycles. The number of pyridine rings is 3. The van der Waals surface area contributed by atoms with Crippen molar-refractivity contribution >= 4 is 32.8 Å². The van der Waals surface area contributed by atoms with Crippen molar-refractivity contribution in [2.45, 2.75) is 0 Å². The predicted molar refractivity (Wildman–Crippen MR) is 211 cm³/mol. The van der Waals surface area contributed by atoms with Gasteiger partial charge in [-0.2, -0.15) is 0 Å². The summed E-state index contributed by atoms with van der Waals surface area (Å²) in [5, 5.41) is 3.25. The monoisotopic (exact) mass is 666 g/mol. The van der Waals surface area contributed by atoms with E-state index in [4.69, 9.17) is 9.40 Å². The Morgan fingerprint density at radius 2 is 1.02 bits per heavy atom. The van der Waals surface area contributed by atoms with Crippen molar-refractivity contribution < 1.29 is 4.42 Å². The number of hydrogen-bond donors (Lipinski definition) is 0. The van der Waals surface area contributed by atoms with Crippen LogP contribution in [0.1, 0.15) is 0 Å². The molecular formula is C47H30N4O. The van der Waals surface area contributed by atoms with Crippen LogP contribution in [0.15, 0.2) is 187 Å². The smallest absolute Gasteiger partial charge is 0.145 e. The molecule has 5 heterocycles. The summed E-state index contributed by atoms with van der Waals surface area (Å²) >= 11 is 0. The lowest BCUT2D eigenvalue weighted by Crippen LogP contribution is -2.00. The fourth-order valence-corrected chi connectivity index (χ4v) is 7.41. The molecule has 0 aliphatic heterocycles. The van der Waals surface area contributed by atoms with Crippen molar-refractivity contribution in [3.63, 3.8) is 0 Å². The minimum atomic E-state index is 0.825. The Hall–Kier alpha value is -7.11.